The standard InChI is InChI=1S/C21H18N4O2S/c1-3-27-18-10-6-5-9-17(18)25(20(26)16-13-22-14(2)12-23-16)21-24-15-8-4-7-11-19(15)28-21/h4-13H,3H2,1-2H3. The quantitative estimate of drug-likeness (QED) is 0.491. The molecule has 6 nitrogen and oxygen atoms in total. The molecule has 1 amide bonds. The Labute approximate surface area is 166 Å². The minimum atomic E-state index is -0.307. The van der Waals surface area contributed by atoms with E-state index in [1.165, 1.54) is 17.5 Å². The molecule has 140 valence electrons. The molecule has 0 aliphatic heterocycles. The summed E-state index contributed by atoms with van der Waals surface area (Å²) in [5.74, 6) is 0.302. The molecule has 0 atom stereocenters. The second kappa shape index (κ2) is 7.74. The first-order valence-electron chi connectivity index (χ1n) is 8.88. The maximum Gasteiger partial charge on any atom is 0.284 e. The summed E-state index contributed by atoms with van der Waals surface area (Å²) in [7, 11) is 0. The highest BCUT2D eigenvalue weighted by Crippen LogP contribution is 2.38. The van der Waals surface area contributed by atoms with Crippen molar-refractivity contribution >= 4 is 38.3 Å². The summed E-state index contributed by atoms with van der Waals surface area (Å²) in [5, 5.41) is 0.556. The van der Waals surface area contributed by atoms with Crippen LogP contribution < -0.4 is 9.64 Å². The Balaban J connectivity index is 1.88. The van der Waals surface area contributed by atoms with Crippen LogP contribution >= 0.6 is 11.3 Å². The molecule has 0 bridgehead atoms. The van der Waals surface area contributed by atoms with Gasteiger partial charge in [-0.2, -0.15) is 0 Å². The molecular weight excluding hydrogens is 372 g/mol. The Morgan fingerprint density at radius 2 is 1.86 bits per heavy atom. The van der Waals surface area contributed by atoms with Crippen LogP contribution in [0.4, 0.5) is 10.8 Å². The Hall–Kier alpha value is -3.32. The van der Waals surface area contributed by atoms with Crippen molar-refractivity contribution in [3.63, 3.8) is 0 Å². The van der Waals surface area contributed by atoms with Crippen LogP contribution in [0.2, 0.25) is 0 Å². The van der Waals surface area contributed by atoms with Crippen molar-refractivity contribution in [1.82, 2.24) is 15.0 Å². The Morgan fingerprint density at radius 1 is 1.07 bits per heavy atom. The number of carbonyl (C=O) groups excluding carboxylic acids is 1. The number of carbonyl (C=O) groups is 1. The summed E-state index contributed by atoms with van der Waals surface area (Å²) in [5.41, 5.74) is 2.45. The van der Waals surface area contributed by atoms with Crippen molar-refractivity contribution in [3.05, 3.63) is 72.3 Å². The topological polar surface area (TPSA) is 68.2 Å². The molecule has 4 rings (SSSR count). The van der Waals surface area contributed by atoms with Crippen LogP contribution in [0, 0.1) is 6.92 Å². The van der Waals surface area contributed by atoms with Gasteiger partial charge in [-0.1, -0.05) is 35.6 Å². The molecule has 0 aliphatic rings. The average molecular weight is 390 g/mol. The number of anilines is 2. The molecule has 0 fully saturated rings. The van der Waals surface area contributed by atoms with Crippen LogP contribution in [-0.4, -0.2) is 27.5 Å². The molecule has 2 heterocycles. The lowest BCUT2D eigenvalue weighted by atomic mass is 10.2. The van der Waals surface area contributed by atoms with Crippen LogP contribution in [0.25, 0.3) is 10.2 Å². The van der Waals surface area contributed by atoms with Gasteiger partial charge >= 0.3 is 0 Å². The second-order valence-corrected chi connectivity index (χ2v) is 7.06. The first kappa shape index (κ1) is 18.1. The number of hydrogen-bond acceptors (Lipinski definition) is 6. The molecule has 0 saturated carbocycles. The highest BCUT2D eigenvalue weighted by molar-refractivity contribution is 7.22. The van der Waals surface area contributed by atoms with Crippen molar-refractivity contribution in [3.8, 4) is 5.75 Å². The van der Waals surface area contributed by atoms with Crippen molar-refractivity contribution in [1.29, 1.82) is 0 Å². The highest BCUT2D eigenvalue weighted by atomic mass is 32.1. The van der Waals surface area contributed by atoms with Gasteiger partial charge in [0.25, 0.3) is 5.91 Å². The zero-order valence-corrected chi connectivity index (χ0v) is 16.3. The van der Waals surface area contributed by atoms with E-state index in [4.69, 9.17) is 4.74 Å². The summed E-state index contributed by atoms with van der Waals surface area (Å²) in [6.07, 6.45) is 3.07. The molecule has 0 spiro atoms. The van der Waals surface area contributed by atoms with E-state index in [0.29, 0.717) is 23.2 Å². The van der Waals surface area contributed by atoms with Crippen molar-refractivity contribution in [2.75, 3.05) is 11.5 Å². The van der Waals surface area contributed by atoms with Crippen LogP contribution in [-0.2, 0) is 0 Å². The van der Waals surface area contributed by atoms with Gasteiger partial charge in [0.05, 0.1) is 34.4 Å². The summed E-state index contributed by atoms with van der Waals surface area (Å²) in [6, 6.07) is 15.2. The number of rotatable bonds is 5. The number of ether oxygens (including phenoxy) is 1. The smallest absolute Gasteiger partial charge is 0.284 e. The number of hydrogen-bond donors (Lipinski definition) is 0. The van der Waals surface area contributed by atoms with E-state index in [1.807, 2.05) is 62.4 Å². The molecule has 28 heavy (non-hydrogen) atoms. The summed E-state index contributed by atoms with van der Waals surface area (Å²) in [4.78, 5) is 28.1. The monoisotopic (exact) mass is 390 g/mol. The van der Waals surface area contributed by atoms with Crippen LogP contribution in [0.3, 0.4) is 0 Å². The molecule has 0 N–H and O–H groups in total. The predicted molar refractivity (Wildman–Crippen MR) is 110 cm³/mol. The Morgan fingerprint density at radius 3 is 2.61 bits per heavy atom. The molecule has 0 unspecified atom stereocenters. The third-order valence-corrected chi connectivity index (χ3v) is 5.10. The number of nitrogens with zero attached hydrogens (tertiary/aromatic N) is 4. The van der Waals surface area contributed by atoms with Gasteiger partial charge < -0.3 is 4.74 Å². The SMILES string of the molecule is CCOc1ccccc1N(C(=O)c1cnc(C)cn1)c1nc2ccccc2s1. The lowest BCUT2D eigenvalue weighted by Crippen LogP contribution is -2.27. The Kier molecular flexibility index (Phi) is 4.99. The van der Waals surface area contributed by atoms with E-state index >= 15 is 0 Å². The average Bonchev–Trinajstić information content (AvgIpc) is 3.14. The molecule has 0 aliphatic carbocycles. The minimum absolute atomic E-state index is 0.246. The molecule has 4 aromatic rings. The van der Waals surface area contributed by atoms with Gasteiger partial charge in [-0.15, -0.1) is 0 Å². The fourth-order valence-electron chi connectivity index (χ4n) is 2.79. The van der Waals surface area contributed by atoms with Gasteiger partial charge in [-0.3, -0.25) is 9.78 Å². The zero-order chi connectivity index (χ0) is 19.5. The maximum atomic E-state index is 13.4. The number of amides is 1. The maximum absolute atomic E-state index is 13.4. The fraction of sp³-hybridized carbons (Fsp3) is 0.143. The van der Waals surface area contributed by atoms with Gasteiger partial charge in [0.1, 0.15) is 11.4 Å². The van der Waals surface area contributed by atoms with E-state index in [-0.39, 0.29) is 11.6 Å². The lowest BCUT2D eigenvalue weighted by molar-refractivity contribution is 0.0993. The minimum Gasteiger partial charge on any atom is -0.492 e. The van der Waals surface area contributed by atoms with Crippen LogP contribution in [0.15, 0.2) is 60.9 Å². The first-order valence-corrected chi connectivity index (χ1v) is 9.69. The lowest BCUT2D eigenvalue weighted by Gasteiger charge is -2.22. The number of para-hydroxylation sites is 3. The van der Waals surface area contributed by atoms with Gasteiger partial charge in [0.2, 0.25) is 0 Å². The van der Waals surface area contributed by atoms with E-state index < -0.39 is 0 Å². The number of fused-ring (bicyclic) bond motifs is 1. The molecule has 2 aromatic heterocycles. The van der Waals surface area contributed by atoms with Gasteiger partial charge in [-0.05, 0) is 38.1 Å². The van der Waals surface area contributed by atoms with E-state index in [2.05, 4.69) is 15.0 Å². The summed E-state index contributed by atoms with van der Waals surface area (Å²) >= 11 is 1.44. The van der Waals surface area contributed by atoms with Gasteiger partial charge in [0, 0.05) is 6.20 Å². The van der Waals surface area contributed by atoms with Crippen LogP contribution in [0.1, 0.15) is 23.1 Å². The van der Waals surface area contributed by atoms with E-state index in [0.717, 1.165) is 15.9 Å². The second-order valence-electron chi connectivity index (χ2n) is 6.05. The fourth-order valence-corrected chi connectivity index (χ4v) is 3.77. The van der Waals surface area contributed by atoms with Crippen molar-refractivity contribution in [2.24, 2.45) is 0 Å². The normalized spacial score (nSPS) is 10.8. The van der Waals surface area contributed by atoms with Crippen LogP contribution in [0.5, 0.6) is 5.75 Å². The third kappa shape index (κ3) is 3.44. The molecule has 2 aromatic carbocycles. The van der Waals surface area contributed by atoms with Crippen molar-refractivity contribution < 1.29 is 9.53 Å². The van der Waals surface area contributed by atoms with E-state index in [9.17, 15) is 4.79 Å². The first-order chi connectivity index (χ1) is 13.7. The predicted octanol–water partition coefficient (Wildman–Crippen LogP) is 4.77. The van der Waals surface area contributed by atoms with E-state index in [1.54, 1.807) is 11.1 Å². The van der Waals surface area contributed by atoms with Crippen molar-refractivity contribution in [2.45, 2.75) is 13.8 Å². The molecule has 0 saturated heterocycles. The highest BCUT2D eigenvalue weighted by Gasteiger charge is 2.27. The molecular formula is C21H18N4O2S. The van der Waals surface area contributed by atoms with Gasteiger partial charge in [-0.25, -0.2) is 14.9 Å². The summed E-state index contributed by atoms with van der Waals surface area (Å²) < 4.78 is 6.76. The number of aryl methyl sites for hydroxylation is 1. The summed E-state index contributed by atoms with van der Waals surface area (Å²) in [6.45, 7) is 4.23. The largest absolute Gasteiger partial charge is 0.492 e. The number of benzene rings is 2. The number of aromatic nitrogens is 3. The molecule has 0 radical (unpaired) electrons. The van der Waals surface area contributed by atoms with Gasteiger partial charge in [0.15, 0.2) is 5.13 Å². The third-order valence-electron chi connectivity index (χ3n) is 4.08. The zero-order valence-electron chi connectivity index (χ0n) is 15.5. The number of thiazole rings is 1. The molecule has 7 heteroatoms. The Bertz CT molecular complexity index is 1090.